The van der Waals surface area contributed by atoms with Crippen molar-refractivity contribution < 1.29 is 9.50 Å². The molecule has 0 saturated heterocycles. The molecule has 2 heteroatoms. The second-order valence-electron chi connectivity index (χ2n) is 3.43. The standard InChI is InChI=1S/C14H11FO/c15-13-8-6-11(7-9-13)10-14(16)12-4-2-1-3-5-12/h1-10,16H/p-1/b14-10-. The van der Waals surface area contributed by atoms with Gasteiger partial charge in [-0.3, -0.25) is 0 Å². The van der Waals surface area contributed by atoms with Crippen LogP contribution < -0.4 is 5.11 Å². The summed E-state index contributed by atoms with van der Waals surface area (Å²) in [7, 11) is 0. The van der Waals surface area contributed by atoms with E-state index >= 15 is 0 Å². The van der Waals surface area contributed by atoms with Gasteiger partial charge in [-0.05, 0) is 23.3 Å². The van der Waals surface area contributed by atoms with Gasteiger partial charge in [-0.15, -0.1) is 5.76 Å². The Kier molecular flexibility index (Phi) is 3.01. The zero-order chi connectivity index (χ0) is 11.4. The van der Waals surface area contributed by atoms with Crippen molar-refractivity contribution in [3.63, 3.8) is 0 Å². The van der Waals surface area contributed by atoms with E-state index in [9.17, 15) is 9.50 Å². The predicted octanol–water partition coefficient (Wildman–Crippen LogP) is 2.68. The Morgan fingerprint density at radius 1 is 0.938 bits per heavy atom. The van der Waals surface area contributed by atoms with Crippen LogP contribution in [0.3, 0.4) is 0 Å². The molecule has 2 aromatic carbocycles. The fraction of sp³-hybridized carbons (Fsp3) is 0. The zero-order valence-electron chi connectivity index (χ0n) is 8.56. The number of halogens is 1. The van der Waals surface area contributed by atoms with Gasteiger partial charge in [-0.1, -0.05) is 48.5 Å². The van der Waals surface area contributed by atoms with E-state index in [4.69, 9.17) is 0 Å². The summed E-state index contributed by atoms with van der Waals surface area (Å²) in [6.07, 6.45) is 1.49. The molecule has 0 N–H and O–H groups in total. The lowest BCUT2D eigenvalue weighted by molar-refractivity contribution is -0.242. The maximum Gasteiger partial charge on any atom is 0.123 e. The van der Waals surface area contributed by atoms with Crippen LogP contribution in [0, 0.1) is 5.82 Å². The molecule has 0 aliphatic carbocycles. The van der Waals surface area contributed by atoms with E-state index in [1.54, 1.807) is 24.3 Å². The van der Waals surface area contributed by atoms with Crippen LogP contribution in [0.2, 0.25) is 0 Å². The van der Waals surface area contributed by atoms with Crippen molar-refractivity contribution in [3.8, 4) is 0 Å². The zero-order valence-corrected chi connectivity index (χ0v) is 8.56. The third-order valence-electron chi connectivity index (χ3n) is 2.23. The molecule has 0 saturated carbocycles. The highest BCUT2D eigenvalue weighted by Crippen LogP contribution is 2.13. The van der Waals surface area contributed by atoms with E-state index in [0.717, 1.165) is 0 Å². The summed E-state index contributed by atoms with van der Waals surface area (Å²) in [5.74, 6) is -0.378. The monoisotopic (exact) mass is 213 g/mol. The predicted molar refractivity (Wildman–Crippen MR) is 60.7 cm³/mol. The molecule has 0 amide bonds. The summed E-state index contributed by atoms with van der Waals surface area (Å²) in [6, 6.07) is 14.8. The number of hydrogen-bond acceptors (Lipinski definition) is 1. The van der Waals surface area contributed by atoms with Crippen molar-refractivity contribution in [2.75, 3.05) is 0 Å². The Balaban J connectivity index is 2.28. The molecule has 0 radical (unpaired) electrons. The third kappa shape index (κ3) is 2.48. The van der Waals surface area contributed by atoms with Gasteiger partial charge < -0.3 is 5.11 Å². The highest BCUT2D eigenvalue weighted by molar-refractivity contribution is 5.75. The number of benzene rings is 2. The first-order chi connectivity index (χ1) is 7.75. The minimum atomic E-state index is -0.302. The molecule has 0 bridgehead atoms. The van der Waals surface area contributed by atoms with Crippen LogP contribution in [-0.4, -0.2) is 0 Å². The molecule has 2 aromatic rings. The third-order valence-corrected chi connectivity index (χ3v) is 2.23. The first-order valence-electron chi connectivity index (χ1n) is 4.95. The largest absolute Gasteiger partial charge is 0.872 e. The van der Waals surface area contributed by atoms with Gasteiger partial charge in [0.1, 0.15) is 5.82 Å². The number of hydrogen-bond donors (Lipinski definition) is 0. The molecule has 0 aliphatic heterocycles. The van der Waals surface area contributed by atoms with Gasteiger partial charge in [-0.2, -0.15) is 0 Å². The average Bonchev–Trinajstić information content (AvgIpc) is 2.33. The summed E-state index contributed by atoms with van der Waals surface area (Å²) in [6.45, 7) is 0. The van der Waals surface area contributed by atoms with Crippen molar-refractivity contribution >= 4 is 11.8 Å². The maximum atomic E-state index is 12.6. The van der Waals surface area contributed by atoms with E-state index in [2.05, 4.69) is 0 Å². The van der Waals surface area contributed by atoms with Crippen molar-refractivity contribution in [3.05, 3.63) is 71.5 Å². The van der Waals surface area contributed by atoms with Crippen LogP contribution in [-0.2, 0) is 0 Å². The molecule has 1 nitrogen and oxygen atoms in total. The second kappa shape index (κ2) is 4.62. The first kappa shape index (κ1) is 10.4. The summed E-state index contributed by atoms with van der Waals surface area (Å²) in [5, 5.41) is 11.7. The normalized spacial score (nSPS) is 11.4. The SMILES string of the molecule is [O-]/C(=C\c1ccc(F)cc1)c1ccccc1. The van der Waals surface area contributed by atoms with Crippen molar-refractivity contribution in [2.24, 2.45) is 0 Å². The van der Waals surface area contributed by atoms with Crippen molar-refractivity contribution in [1.82, 2.24) is 0 Å². The smallest absolute Gasteiger partial charge is 0.123 e. The topological polar surface area (TPSA) is 23.1 Å². The van der Waals surface area contributed by atoms with Gasteiger partial charge in [0.15, 0.2) is 0 Å². The molecule has 0 heterocycles. The Bertz CT molecular complexity index is 486. The fourth-order valence-corrected chi connectivity index (χ4v) is 1.40. The quantitative estimate of drug-likeness (QED) is 0.555. The van der Waals surface area contributed by atoms with E-state index in [1.807, 2.05) is 18.2 Å². The van der Waals surface area contributed by atoms with Gasteiger partial charge in [0.2, 0.25) is 0 Å². The van der Waals surface area contributed by atoms with Crippen LogP contribution in [0.25, 0.3) is 11.8 Å². The first-order valence-corrected chi connectivity index (χ1v) is 4.95. The molecule has 16 heavy (non-hydrogen) atoms. The molecule has 0 atom stereocenters. The summed E-state index contributed by atoms with van der Waals surface area (Å²) >= 11 is 0. The lowest BCUT2D eigenvalue weighted by Gasteiger charge is -2.11. The van der Waals surface area contributed by atoms with Crippen molar-refractivity contribution in [1.29, 1.82) is 0 Å². The van der Waals surface area contributed by atoms with Gasteiger partial charge >= 0.3 is 0 Å². The summed E-state index contributed by atoms with van der Waals surface area (Å²) < 4.78 is 12.6. The van der Waals surface area contributed by atoms with Crippen LogP contribution in [0.15, 0.2) is 54.6 Å². The molecule has 80 valence electrons. The number of rotatable bonds is 2. The average molecular weight is 213 g/mol. The molecule has 0 aliphatic rings. The molecular formula is C14H10FO-. The van der Waals surface area contributed by atoms with E-state index in [1.165, 1.54) is 18.2 Å². The fourth-order valence-electron chi connectivity index (χ4n) is 1.40. The highest BCUT2D eigenvalue weighted by Gasteiger charge is 1.91. The minimum Gasteiger partial charge on any atom is -0.872 e. The Morgan fingerprint density at radius 2 is 1.56 bits per heavy atom. The molecule has 2 rings (SSSR count). The summed E-state index contributed by atoms with van der Waals surface area (Å²) in [5.41, 5.74) is 1.34. The minimum absolute atomic E-state index is 0.0767. The van der Waals surface area contributed by atoms with Gasteiger partial charge in [0.25, 0.3) is 0 Å². The van der Waals surface area contributed by atoms with Gasteiger partial charge in [-0.25, -0.2) is 4.39 Å². The molecule has 0 aromatic heterocycles. The van der Waals surface area contributed by atoms with E-state index < -0.39 is 0 Å². The molecule has 0 fully saturated rings. The maximum absolute atomic E-state index is 12.6. The van der Waals surface area contributed by atoms with E-state index in [-0.39, 0.29) is 11.6 Å². The summed E-state index contributed by atoms with van der Waals surface area (Å²) in [4.78, 5) is 0. The van der Waals surface area contributed by atoms with Crippen LogP contribution in [0.1, 0.15) is 11.1 Å². The Hall–Kier alpha value is -2.09. The van der Waals surface area contributed by atoms with Gasteiger partial charge in [0, 0.05) is 0 Å². The lowest BCUT2D eigenvalue weighted by atomic mass is 10.1. The van der Waals surface area contributed by atoms with Gasteiger partial charge in [0.05, 0.1) is 0 Å². The Morgan fingerprint density at radius 3 is 2.19 bits per heavy atom. The highest BCUT2D eigenvalue weighted by atomic mass is 19.1. The Labute approximate surface area is 93.5 Å². The lowest BCUT2D eigenvalue weighted by Crippen LogP contribution is -2.01. The molecule has 0 spiro atoms. The van der Waals surface area contributed by atoms with Crippen LogP contribution >= 0.6 is 0 Å². The molecular weight excluding hydrogens is 203 g/mol. The molecule has 0 unspecified atom stereocenters. The van der Waals surface area contributed by atoms with Crippen LogP contribution in [0.4, 0.5) is 4.39 Å². The van der Waals surface area contributed by atoms with E-state index in [0.29, 0.717) is 11.1 Å². The van der Waals surface area contributed by atoms with Crippen molar-refractivity contribution in [2.45, 2.75) is 0 Å². The second-order valence-corrected chi connectivity index (χ2v) is 3.43. The van der Waals surface area contributed by atoms with Crippen LogP contribution in [0.5, 0.6) is 0 Å².